The molecule has 5 heterocycles. The molecule has 0 atom stereocenters. The van der Waals surface area contributed by atoms with Gasteiger partial charge in [-0.05, 0) is 68.1 Å². The lowest BCUT2D eigenvalue weighted by Gasteiger charge is -2.16. The minimum atomic E-state index is 0.623. The van der Waals surface area contributed by atoms with E-state index in [4.69, 9.17) is 14.7 Å². The van der Waals surface area contributed by atoms with E-state index >= 15 is 0 Å². The van der Waals surface area contributed by atoms with Gasteiger partial charge in [-0.25, -0.2) is 14.5 Å². The first-order valence-electron chi connectivity index (χ1n) is 12.3. The summed E-state index contributed by atoms with van der Waals surface area (Å²) in [5, 5.41) is 4.29. The highest BCUT2D eigenvalue weighted by atomic mass is 16.5. The van der Waals surface area contributed by atoms with Crippen LogP contribution in [0.4, 0.5) is 0 Å². The molecular weight excluding hydrogens is 476 g/mol. The van der Waals surface area contributed by atoms with Gasteiger partial charge in [-0.2, -0.15) is 5.10 Å². The third-order valence-electron chi connectivity index (χ3n) is 6.09. The summed E-state index contributed by atoms with van der Waals surface area (Å²) in [5.74, 6) is 2.34. The highest BCUT2D eigenvalue weighted by Crippen LogP contribution is 2.30. The number of aromatic nitrogens is 7. The van der Waals surface area contributed by atoms with Crippen LogP contribution in [0.3, 0.4) is 0 Å². The van der Waals surface area contributed by atoms with Gasteiger partial charge in [0.05, 0.1) is 29.8 Å². The molecule has 6 rings (SSSR count). The molecule has 0 radical (unpaired) electrons. The highest BCUT2D eigenvalue weighted by Gasteiger charge is 2.17. The van der Waals surface area contributed by atoms with Gasteiger partial charge in [0.2, 0.25) is 0 Å². The lowest BCUT2D eigenvalue weighted by atomic mass is 10.1. The summed E-state index contributed by atoms with van der Waals surface area (Å²) in [7, 11) is 2.07. The second-order valence-corrected chi connectivity index (χ2v) is 9.16. The van der Waals surface area contributed by atoms with E-state index in [-0.39, 0.29) is 0 Å². The molecule has 0 aliphatic rings. The van der Waals surface area contributed by atoms with E-state index in [1.807, 2.05) is 73.8 Å². The van der Waals surface area contributed by atoms with Gasteiger partial charge in [0.15, 0.2) is 5.65 Å². The van der Waals surface area contributed by atoms with Gasteiger partial charge in [-0.15, -0.1) is 0 Å². The number of rotatable bonds is 8. The summed E-state index contributed by atoms with van der Waals surface area (Å²) in [6.07, 6.45) is 6.92. The maximum absolute atomic E-state index is 5.95. The Hall–Kier alpha value is -4.89. The smallest absolute Gasteiger partial charge is 0.155 e. The van der Waals surface area contributed by atoms with Gasteiger partial charge in [0.1, 0.15) is 23.7 Å². The SMILES string of the molecule is Cc1cccc(-c2[nH]c(CN(C)Cc3cccc(Oc4cccnc4)c3)nc2-c2ccc3ncnn3c2)n1. The summed E-state index contributed by atoms with van der Waals surface area (Å²) in [6, 6.07) is 21.8. The number of benzene rings is 1. The molecule has 0 aliphatic heterocycles. The predicted octanol–water partition coefficient (Wildman–Crippen LogP) is 5.31. The first-order chi connectivity index (χ1) is 18.6. The topological polar surface area (TPSA) is 97.1 Å². The number of nitrogens with zero attached hydrogens (tertiary/aromatic N) is 7. The zero-order chi connectivity index (χ0) is 25.9. The van der Waals surface area contributed by atoms with E-state index in [0.29, 0.717) is 12.3 Å². The van der Waals surface area contributed by atoms with Crippen LogP contribution in [0.2, 0.25) is 0 Å². The fourth-order valence-electron chi connectivity index (χ4n) is 4.40. The number of nitrogens with one attached hydrogen (secondary N) is 1. The Labute approximate surface area is 219 Å². The van der Waals surface area contributed by atoms with Crippen LogP contribution in [0.25, 0.3) is 28.3 Å². The van der Waals surface area contributed by atoms with Gasteiger partial charge in [0.25, 0.3) is 0 Å². The summed E-state index contributed by atoms with van der Waals surface area (Å²) in [5.41, 5.74) is 6.36. The maximum atomic E-state index is 5.95. The number of H-pyrrole nitrogens is 1. The molecule has 0 aliphatic carbocycles. The molecule has 9 nitrogen and oxygen atoms in total. The van der Waals surface area contributed by atoms with Crippen LogP contribution in [-0.2, 0) is 13.1 Å². The van der Waals surface area contributed by atoms with Crippen LogP contribution in [0.5, 0.6) is 11.5 Å². The van der Waals surface area contributed by atoms with Crippen molar-refractivity contribution in [2.45, 2.75) is 20.0 Å². The number of hydrogen-bond donors (Lipinski definition) is 1. The fraction of sp³-hybridized carbons (Fsp3) is 0.138. The largest absolute Gasteiger partial charge is 0.456 e. The first kappa shape index (κ1) is 23.5. The zero-order valence-electron chi connectivity index (χ0n) is 21.1. The Morgan fingerprint density at radius 1 is 0.947 bits per heavy atom. The zero-order valence-corrected chi connectivity index (χ0v) is 21.1. The molecule has 1 N–H and O–H groups in total. The minimum Gasteiger partial charge on any atom is -0.456 e. The van der Waals surface area contributed by atoms with E-state index in [1.165, 1.54) is 0 Å². The van der Waals surface area contributed by atoms with Gasteiger partial charge < -0.3 is 9.72 Å². The number of hydrogen-bond acceptors (Lipinski definition) is 7. The molecule has 0 spiro atoms. The Balaban J connectivity index is 1.25. The first-order valence-corrected chi connectivity index (χ1v) is 12.3. The van der Waals surface area contributed by atoms with Crippen molar-refractivity contribution in [2.24, 2.45) is 0 Å². The van der Waals surface area contributed by atoms with Gasteiger partial charge in [-0.3, -0.25) is 14.9 Å². The van der Waals surface area contributed by atoms with Crippen LogP contribution in [0.15, 0.2) is 91.6 Å². The van der Waals surface area contributed by atoms with Crippen molar-refractivity contribution in [1.82, 2.24) is 39.4 Å². The lowest BCUT2D eigenvalue weighted by Crippen LogP contribution is -2.18. The second-order valence-electron chi connectivity index (χ2n) is 9.16. The maximum Gasteiger partial charge on any atom is 0.155 e. The van der Waals surface area contributed by atoms with E-state index < -0.39 is 0 Å². The van der Waals surface area contributed by atoms with Crippen molar-refractivity contribution in [3.05, 3.63) is 109 Å². The van der Waals surface area contributed by atoms with Crippen LogP contribution in [-0.4, -0.2) is 46.5 Å². The third-order valence-corrected chi connectivity index (χ3v) is 6.09. The number of aromatic amines is 1. The van der Waals surface area contributed by atoms with Crippen molar-refractivity contribution in [3.63, 3.8) is 0 Å². The molecule has 0 bridgehead atoms. The molecule has 9 heteroatoms. The summed E-state index contributed by atoms with van der Waals surface area (Å²) < 4.78 is 7.71. The number of fused-ring (bicyclic) bond motifs is 1. The van der Waals surface area contributed by atoms with Crippen molar-refractivity contribution in [2.75, 3.05) is 7.05 Å². The number of aryl methyl sites for hydroxylation is 1. The Kier molecular flexibility index (Phi) is 6.33. The van der Waals surface area contributed by atoms with Crippen molar-refractivity contribution >= 4 is 5.65 Å². The standard InChI is InChI=1S/C29H26N8O/c1-20-6-3-10-25(33-20)29-28(22-11-12-27-31-19-32-37(27)17-22)34-26(35-29)18-36(2)16-21-7-4-8-23(14-21)38-24-9-5-13-30-15-24/h3-15,17,19H,16,18H2,1-2H3,(H,34,35). The minimum absolute atomic E-state index is 0.623. The van der Waals surface area contributed by atoms with E-state index in [9.17, 15) is 0 Å². The molecule has 0 amide bonds. The number of ether oxygens (including phenoxy) is 1. The van der Waals surface area contributed by atoms with E-state index in [2.05, 4.69) is 38.1 Å². The Morgan fingerprint density at radius 3 is 2.71 bits per heavy atom. The van der Waals surface area contributed by atoms with E-state index in [1.54, 1.807) is 23.2 Å². The van der Waals surface area contributed by atoms with Crippen molar-refractivity contribution in [1.29, 1.82) is 0 Å². The molecular formula is C29H26N8O. The molecule has 6 aromatic rings. The van der Waals surface area contributed by atoms with Crippen molar-refractivity contribution in [3.8, 4) is 34.1 Å². The Morgan fingerprint density at radius 2 is 1.84 bits per heavy atom. The molecule has 0 saturated heterocycles. The average Bonchev–Trinajstić information content (AvgIpc) is 3.56. The monoisotopic (exact) mass is 502 g/mol. The lowest BCUT2D eigenvalue weighted by molar-refractivity contribution is 0.311. The number of pyridine rings is 3. The third kappa shape index (κ3) is 5.14. The Bertz CT molecular complexity index is 1690. The second kappa shape index (κ2) is 10.2. The molecule has 0 saturated carbocycles. The molecule has 38 heavy (non-hydrogen) atoms. The molecule has 5 aromatic heterocycles. The summed E-state index contributed by atoms with van der Waals surface area (Å²) in [4.78, 5) is 23.9. The van der Waals surface area contributed by atoms with Crippen LogP contribution >= 0.6 is 0 Å². The fourth-order valence-corrected chi connectivity index (χ4v) is 4.40. The highest BCUT2D eigenvalue weighted by molar-refractivity contribution is 5.77. The van der Waals surface area contributed by atoms with Crippen molar-refractivity contribution < 1.29 is 4.74 Å². The van der Waals surface area contributed by atoms with Crippen LogP contribution in [0.1, 0.15) is 17.1 Å². The van der Waals surface area contributed by atoms with Crippen LogP contribution < -0.4 is 4.74 Å². The normalized spacial score (nSPS) is 11.3. The average molecular weight is 503 g/mol. The summed E-state index contributed by atoms with van der Waals surface area (Å²) >= 11 is 0. The molecule has 188 valence electrons. The van der Waals surface area contributed by atoms with E-state index in [0.717, 1.165) is 57.7 Å². The van der Waals surface area contributed by atoms with Gasteiger partial charge >= 0.3 is 0 Å². The summed E-state index contributed by atoms with van der Waals surface area (Å²) in [6.45, 7) is 3.34. The molecule has 0 fully saturated rings. The molecule has 0 unspecified atom stereocenters. The molecule has 1 aromatic carbocycles. The van der Waals surface area contributed by atoms with Gasteiger partial charge in [-0.1, -0.05) is 18.2 Å². The number of imidazole rings is 1. The predicted molar refractivity (Wildman–Crippen MR) is 144 cm³/mol. The quantitative estimate of drug-likeness (QED) is 0.301. The van der Waals surface area contributed by atoms with Gasteiger partial charge in [0, 0.05) is 30.2 Å². The van der Waals surface area contributed by atoms with Crippen LogP contribution in [0, 0.1) is 6.92 Å².